The number of hydrogen-bond donors (Lipinski definition) is 2. The standard InChI is InChI=1S/C16H21N5O3/c1-3-17-15(23)21-8-6-20(7-9-21)14(22)11-4-5-12-13(10-11)19(2)16(24)18-12/h4-5,10H,3,6-9H2,1-2H3,(H,17,23)(H,18,24). The molecule has 3 amide bonds. The number of carbonyl (C=O) groups is 2. The molecule has 1 aromatic carbocycles. The van der Waals surface area contributed by atoms with Crippen LogP contribution in [0.1, 0.15) is 17.3 Å². The maximum absolute atomic E-state index is 12.7. The Kier molecular flexibility index (Phi) is 4.28. The fourth-order valence-corrected chi connectivity index (χ4v) is 2.91. The van der Waals surface area contributed by atoms with Crippen LogP contribution in [0, 0.1) is 0 Å². The summed E-state index contributed by atoms with van der Waals surface area (Å²) in [7, 11) is 1.67. The van der Waals surface area contributed by atoms with Crippen LogP contribution in [0.3, 0.4) is 0 Å². The number of hydrogen-bond acceptors (Lipinski definition) is 3. The lowest BCUT2D eigenvalue weighted by Crippen LogP contribution is -2.53. The molecule has 24 heavy (non-hydrogen) atoms. The van der Waals surface area contributed by atoms with Crippen LogP contribution in [0.4, 0.5) is 4.79 Å². The molecule has 0 spiro atoms. The molecule has 8 heteroatoms. The minimum atomic E-state index is -0.204. The van der Waals surface area contributed by atoms with E-state index in [0.717, 1.165) is 0 Å². The molecule has 0 bridgehead atoms. The molecule has 3 rings (SSSR count). The van der Waals surface area contributed by atoms with Crippen LogP contribution in [-0.4, -0.2) is 64.0 Å². The molecule has 0 atom stereocenters. The average Bonchev–Trinajstić information content (AvgIpc) is 2.88. The maximum atomic E-state index is 12.7. The zero-order valence-corrected chi connectivity index (χ0v) is 13.8. The summed E-state index contributed by atoms with van der Waals surface area (Å²) >= 11 is 0. The van der Waals surface area contributed by atoms with Crippen LogP contribution in [-0.2, 0) is 7.05 Å². The first kappa shape index (κ1) is 16.1. The highest BCUT2D eigenvalue weighted by Crippen LogP contribution is 2.15. The van der Waals surface area contributed by atoms with Crippen molar-refractivity contribution >= 4 is 23.0 Å². The Morgan fingerprint density at radius 3 is 2.50 bits per heavy atom. The van der Waals surface area contributed by atoms with Crippen molar-refractivity contribution in [2.75, 3.05) is 32.7 Å². The molecular weight excluding hydrogens is 310 g/mol. The lowest BCUT2D eigenvalue weighted by molar-refractivity contribution is 0.0665. The third-order valence-electron chi connectivity index (χ3n) is 4.33. The lowest BCUT2D eigenvalue weighted by Gasteiger charge is -2.34. The highest BCUT2D eigenvalue weighted by atomic mass is 16.2. The highest BCUT2D eigenvalue weighted by molar-refractivity contribution is 5.97. The van der Waals surface area contributed by atoms with Crippen molar-refractivity contribution in [1.29, 1.82) is 0 Å². The van der Waals surface area contributed by atoms with E-state index in [-0.39, 0.29) is 17.6 Å². The number of nitrogens with one attached hydrogen (secondary N) is 2. The van der Waals surface area contributed by atoms with Crippen molar-refractivity contribution in [2.45, 2.75) is 6.92 Å². The topological polar surface area (TPSA) is 90.4 Å². The number of carbonyl (C=O) groups excluding carboxylic acids is 2. The monoisotopic (exact) mass is 331 g/mol. The van der Waals surface area contributed by atoms with Crippen molar-refractivity contribution in [3.05, 3.63) is 34.2 Å². The molecule has 1 fully saturated rings. The van der Waals surface area contributed by atoms with Crippen molar-refractivity contribution in [3.8, 4) is 0 Å². The summed E-state index contributed by atoms with van der Waals surface area (Å²) < 4.78 is 1.49. The predicted octanol–water partition coefficient (Wildman–Crippen LogP) is 0.354. The van der Waals surface area contributed by atoms with E-state index in [0.29, 0.717) is 49.3 Å². The van der Waals surface area contributed by atoms with E-state index >= 15 is 0 Å². The second kappa shape index (κ2) is 6.38. The molecule has 2 N–H and O–H groups in total. The van der Waals surface area contributed by atoms with Gasteiger partial charge in [-0.25, -0.2) is 9.59 Å². The van der Waals surface area contributed by atoms with Gasteiger partial charge in [-0.1, -0.05) is 0 Å². The van der Waals surface area contributed by atoms with Gasteiger partial charge in [0.05, 0.1) is 11.0 Å². The van der Waals surface area contributed by atoms with Gasteiger partial charge in [0.25, 0.3) is 5.91 Å². The second-order valence-corrected chi connectivity index (χ2v) is 5.84. The number of aromatic amines is 1. The number of urea groups is 1. The minimum absolute atomic E-state index is 0.0823. The van der Waals surface area contributed by atoms with E-state index < -0.39 is 0 Å². The smallest absolute Gasteiger partial charge is 0.326 e. The SMILES string of the molecule is CCNC(=O)N1CCN(C(=O)c2ccc3[nH]c(=O)n(C)c3c2)CC1. The number of piperazine rings is 1. The van der Waals surface area contributed by atoms with Crippen molar-refractivity contribution in [1.82, 2.24) is 24.7 Å². The Bertz CT molecular complexity index is 830. The summed E-state index contributed by atoms with van der Waals surface area (Å²) in [5, 5.41) is 2.77. The molecule has 0 saturated carbocycles. The molecule has 2 heterocycles. The van der Waals surface area contributed by atoms with Gasteiger partial charge in [-0.05, 0) is 25.1 Å². The quantitative estimate of drug-likeness (QED) is 0.832. The lowest BCUT2D eigenvalue weighted by atomic mass is 10.1. The van der Waals surface area contributed by atoms with Crippen LogP contribution in [0.2, 0.25) is 0 Å². The van der Waals surface area contributed by atoms with Crippen molar-refractivity contribution in [3.63, 3.8) is 0 Å². The number of amides is 3. The summed E-state index contributed by atoms with van der Waals surface area (Å²) in [6.07, 6.45) is 0. The minimum Gasteiger partial charge on any atom is -0.338 e. The zero-order valence-electron chi connectivity index (χ0n) is 13.8. The normalized spacial score (nSPS) is 14.9. The number of aromatic nitrogens is 2. The summed E-state index contributed by atoms with van der Waals surface area (Å²) in [6, 6.07) is 5.10. The third-order valence-corrected chi connectivity index (χ3v) is 4.33. The number of aryl methyl sites for hydroxylation is 1. The van der Waals surface area contributed by atoms with E-state index in [1.165, 1.54) is 4.57 Å². The number of rotatable bonds is 2. The first-order chi connectivity index (χ1) is 11.5. The predicted molar refractivity (Wildman–Crippen MR) is 90.1 cm³/mol. The van der Waals surface area contributed by atoms with Crippen LogP contribution in [0.15, 0.2) is 23.0 Å². The zero-order chi connectivity index (χ0) is 17.3. The Morgan fingerprint density at radius 2 is 1.83 bits per heavy atom. The largest absolute Gasteiger partial charge is 0.338 e. The van der Waals surface area contributed by atoms with Gasteiger partial charge in [0, 0.05) is 45.3 Å². The molecule has 0 unspecified atom stereocenters. The summed E-state index contributed by atoms with van der Waals surface area (Å²) in [6.45, 7) is 4.50. The van der Waals surface area contributed by atoms with Crippen molar-refractivity contribution in [2.24, 2.45) is 7.05 Å². The van der Waals surface area contributed by atoms with Crippen LogP contribution < -0.4 is 11.0 Å². The van der Waals surface area contributed by atoms with Crippen molar-refractivity contribution < 1.29 is 9.59 Å². The van der Waals surface area contributed by atoms with E-state index in [2.05, 4.69) is 10.3 Å². The van der Waals surface area contributed by atoms with E-state index in [1.807, 2.05) is 6.92 Å². The van der Waals surface area contributed by atoms with Gasteiger partial charge in [-0.3, -0.25) is 9.36 Å². The Balaban J connectivity index is 1.72. The Hall–Kier alpha value is -2.77. The van der Waals surface area contributed by atoms with E-state index in [9.17, 15) is 14.4 Å². The fraction of sp³-hybridized carbons (Fsp3) is 0.438. The molecule has 1 aromatic heterocycles. The van der Waals surface area contributed by atoms with Crippen LogP contribution in [0.5, 0.6) is 0 Å². The molecule has 1 aliphatic rings. The molecule has 128 valence electrons. The summed E-state index contributed by atoms with van der Waals surface area (Å²) in [5.41, 5.74) is 1.75. The number of benzene rings is 1. The Morgan fingerprint density at radius 1 is 1.17 bits per heavy atom. The first-order valence-electron chi connectivity index (χ1n) is 8.02. The van der Waals surface area contributed by atoms with Gasteiger partial charge >= 0.3 is 11.7 Å². The fourth-order valence-electron chi connectivity index (χ4n) is 2.91. The molecule has 0 aliphatic carbocycles. The Labute approximate surface area is 139 Å². The van der Waals surface area contributed by atoms with Gasteiger partial charge in [0.15, 0.2) is 0 Å². The maximum Gasteiger partial charge on any atom is 0.326 e. The number of fused-ring (bicyclic) bond motifs is 1. The molecule has 8 nitrogen and oxygen atoms in total. The van der Waals surface area contributed by atoms with Gasteiger partial charge in [-0.2, -0.15) is 0 Å². The average molecular weight is 331 g/mol. The van der Waals surface area contributed by atoms with E-state index in [4.69, 9.17) is 0 Å². The van der Waals surface area contributed by atoms with E-state index in [1.54, 1.807) is 35.0 Å². The summed E-state index contributed by atoms with van der Waals surface area (Å²) in [4.78, 5) is 42.3. The number of H-pyrrole nitrogens is 1. The summed E-state index contributed by atoms with van der Waals surface area (Å²) in [5.74, 6) is -0.0823. The third kappa shape index (κ3) is 2.86. The molecule has 1 saturated heterocycles. The molecule has 0 radical (unpaired) electrons. The van der Waals surface area contributed by atoms with Gasteiger partial charge < -0.3 is 20.1 Å². The first-order valence-corrected chi connectivity index (χ1v) is 8.02. The van der Waals surface area contributed by atoms with Gasteiger partial charge in [0.2, 0.25) is 0 Å². The van der Waals surface area contributed by atoms with Crippen LogP contribution in [0.25, 0.3) is 11.0 Å². The molecule has 2 aromatic rings. The number of imidazole rings is 1. The van der Waals surface area contributed by atoms with Gasteiger partial charge in [-0.15, -0.1) is 0 Å². The molecular formula is C16H21N5O3. The van der Waals surface area contributed by atoms with Crippen LogP contribution >= 0.6 is 0 Å². The van der Waals surface area contributed by atoms with Gasteiger partial charge in [0.1, 0.15) is 0 Å². The number of nitrogens with zero attached hydrogens (tertiary/aromatic N) is 3. The second-order valence-electron chi connectivity index (χ2n) is 5.84. The highest BCUT2D eigenvalue weighted by Gasteiger charge is 2.24. The molecule has 1 aliphatic heterocycles.